The average molecular weight is 378 g/mol. The number of carbonyl (C=O) groups excluding carboxylic acids is 1. The van der Waals surface area contributed by atoms with Crippen molar-refractivity contribution in [1.82, 2.24) is 10.6 Å². The van der Waals surface area contributed by atoms with E-state index in [9.17, 15) is 4.79 Å². The summed E-state index contributed by atoms with van der Waals surface area (Å²) >= 11 is 0. The van der Waals surface area contributed by atoms with E-state index in [0.717, 1.165) is 16.9 Å². The zero-order valence-electron chi connectivity index (χ0n) is 16.3. The first-order valence-corrected chi connectivity index (χ1v) is 9.53. The molecule has 3 rings (SSSR count). The van der Waals surface area contributed by atoms with Crippen LogP contribution in [-0.4, -0.2) is 25.8 Å². The molecule has 0 saturated heterocycles. The maximum absolute atomic E-state index is 11.8. The van der Waals surface area contributed by atoms with E-state index in [1.807, 2.05) is 42.5 Å². The fourth-order valence-corrected chi connectivity index (χ4v) is 2.82. The number of hydrogen-bond donors (Lipinski definition) is 2. The first-order chi connectivity index (χ1) is 13.7. The Labute approximate surface area is 166 Å². The summed E-state index contributed by atoms with van der Waals surface area (Å²) in [5.74, 6) is 6.77. The van der Waals surface area contributed by atoms with Crippen LogP contribution in [0.5, 0.6) is 5.75 Å². The molecule has 0 heterocycles. The van der Waals surface area contributed by atoms with Gasteiger partial charge in [-0.2, -0.15) is 0 Å². The van der Waals surface area contributed by atoms with E-state index in [1.54, 1.807) is 7.11 Å². The van der Waals surface area contributed by atoms with Crippen molar-refractivity contribution in [1.29, 1.82) is 0 Å². The number of hydrogen-bond acceptors (Lipinski definition) is 4. The predicted octanol–water partition coefficient (Wildman–Crippen LogP) is 3.79. The molecule has 2 N–H and O–H groups in total. The van der Waals surface area contributed by atoms with Gasteiger partial charge in [0.2, 0.25) is 0 Å². The number of alkyl carbamates (subject to hydrolysis) is 1. The van der Waals surface area contributed by atoms with Crippen molar-refractivity contribution >= 4 is 6.09 Å². The summed E-state index contributed by atoms with van der Waals surface area (Å²) in [7, 11) is 1.63. The Bertz CT molecular complexity index is 851. The Morgan fingerprint density at radius 1 is 1.21 bits per heavy atom. The van der Waals surface area contributed by atoms with Crippen molar-refractivity contribution in [3.05, 3.63) is 65.2 Å². The number of carbonyl (C=O) groups is 1. The molecule has 1 saturated carbocycles. The number of amides is 1. The summed E-state index contributed by atoms with van der Waals surface area (Å²) < 4.78 is 10.6. The lowest BCUT2D eigenvalue weighted by Crippen LogP contribution is -2.24. The van der Waals surface area contributed by atoms with Gasteiger partial charge in [-0.3, -0.25) is 0 Å². The maximum Gasteiger partial charge on any atom is 0.408 e. The highest BCUT2D eigenvalue weighted by atomic mass is 16.5. The van der Waals surface area contributed by atoms with Gasteiger partial charge in [0, 0.05) is 12.1 Å². The molecule has 0 aliphatic heterocycles. The third-order valence-electron chi connectivity index (χ3n) is 4.54. The summed E-state index contributed by atoms with van der Waals surface area (Å²) in [5, 5.41) is 6.23. The van der Waals surface area contributed by atoms with Gasteiger partial charge >= 0.3 is 6.09 Å². The minimum absolute atomic E-state index is 0.205. The third kappa shape index (κ3) is 6.04. The number of benzene rings is 2. The molecule has 2 aromatic rings. The Morgan fingerprint density at radius 3 is 2.71 bits per heavy atom. The number of rotatable bonds is 7. The van der Waals surface area contributed by atoms with Crippen LogP contribution in [0.2, 0.25) is 0 Å². The van der Waals surface area contributed by atoms with E-state index in [4.69, 9.17) is 9.47 Å². The van der Waals surface area contributed by atoms with E-state index >= 15 is 0 Å². The lowest BCUT2D eigenvalue weighted by molar-refractivity contribution is 0.141. The Balaban J connectivity index is 1.52. The molecule has 1 aliphatic carbocycles. The molecule has 1 atom stereocenters. The second-order valence-corrected chi connectivity index (χ2v) is 6.84. The van der Waals surface area contributed by atoms with E-state index in [0.29, 0.717) is 6.04 Å². The quantitative estimate of drug-likeness (QED) is 0.720. The van der Waals surface area contributed by atoms with Crippen LogP contribution in [0.1, 0.15) is 42.5 Å². The molecule has 1 unspecified atom stereocenters. The van der Waals surface area contributed by atoms with E-state index < -0.39 is 6.09 Å². The molecular formula is C23H26N2O3. The molecule has 1 amide bonds. The van der Waals surface area contributed by atoms with Gasteiger partial charge < -0.3 is 20.1 Å². The molecule has 5 heteroatoms. The number of ether oxygens (including phenoxy) is 2. The Kier molecular flexibility index (Phi) is 6.94. The van der Waals surface area contributed by atoms with Gasteiger partial charge in [-0.05, 0) is 43.0 Å². The first kappa shape index (κ1) is 19.8. The standard InChI is InChI=1S/C23H26N2O3/c1-17(25-21-11-12-21)19-10-13-22(27-2)20(15-19)9-6-14-24-23(26)28-16-18-7-4-3-5-8-18/h3-5,7-8,10,13,15,17,21,25H,11-12,14,16H2,1-2H3,(H,24,26). The monoisotopic (exact) mass is 378 g/mol. The third-order valence-corrected chi connectivity index (χ3v) is 4.54. The molecule has 2 aromatic carbocycles. The highest BCUT2D eigenvalue weighted by molar-refractivity contribution is 5.67. The summed E-state index contributed by atoms with van der Waals surface area (Å²) in [5.41, 5.74) is 2.93. The summed E-state index contributed by atoms with van der Waals surface area (Å²) in [6, 6.07) is 16.5. The van der Waals surface area contributed by atoms with E-state index in [-0.39, 0.29) is 19.2 Å². The van der Waals surface area contributed by atoms with Crippen molar-refractivity contribution in [3.63, 3.8) is 0 Å². The van der Waals surface area contributed by atoms with Crippen molar-refractivity contribution in [2.24, 2.45) is 0 Å². The fraction of sp³-hybridized carbons (Fsp3) is 0.348. The molecule has 28 heavy (non-hydrogen) atoms. The topological polar surface area (TPSA) is 59.6 Å². The van der Waals surface area contributed by atoms with Crippen LogP contribution in [0.4, 0.5) is 4.79 Å². The minimum Gasteiger partial charge on any atom is -0.495 e. The van der Waals surface area contributed by atoms with Gasteiger partial charge in [-0.25, -0.2) is 4.79 Å². The molecule has 1 aliphatic rings. The molecule has 146 valence electrons. The normalized spacial score (nSPS) is 13.8. The number of nitrogens with one attached hydrogen (secondary N) is 2. The van der Waals surface area contributed by atoms with Crippen LogP contribution in [0.15, 0.2) is 48.5 Å². The summed E-state index contributed by atoms with van der Waals surface area (Å²) in [4.78, 5) is 11.8. The van der Waals surface area contributed by atoms with Crippen LogP contribution < -0.4 is 15.4 Å². The SMILES string of the molecule is COc1ccc(C(C)NC2CC2)cc1C#CCNC(=O)OCc1ccccc1. The summed E-state index contributed by atoms with van der Waals surface area (Å²) in [6.07, 6.45) is 2.01. The summed E-state index contributed by atoms with van der Waals surface area (Å²) in [6.45, 7) is 2.60. The fourth-order valence-electron chi connectivity index (χ4n) is 2.82. The molecular weight excluding hydrogens is 352 g/mol. The predicted molar refractivity (Wildman–Crippen MR) is 109 cm³/mol. The smallest absolute Gasteiger partial charge is 0.408 e. The zero-order chi connectivity index (χ0) is 19.8. The second-order valence-electron chi connectivity index (χ2n) is 6.84. The lowest BCUT2D eigenvalue weighted by atomic mass is 10.0. The first-order valence-electron chi connectivity index (χ1n) is 9.53. The molecule has 5 nitrogen and oxygen atoms in total. The highest BCUT2D eigenvalue weighted by Gasteiger charge is 2.23. The Hall–Kier alpha value is -2.97. The van der Waals surface area contributed by atoms with Gasteiger partial charge in [-0.1, -0.05) is 48.2 Å². The van der Waals surface area contributed by atoms with Crippen molar-refractivity contribution in [2.75, 3.05) is 13.7 Å². The van der Waals surface area contributed by atoms with Crippen molar-refractivity contribution < 1.29 is 14.3 Å². The van der Waals surface area contributed by atoms with Gasteiger partial charge in [0.1, 0.15) is 12.4 Å². The van der Waals surface area contributed by atoms with E-state index in [2.05, 4.69) is 35.5 Å². The molecule has 0 radical (unpaired) electrons. The maximum atomic E-state index is 11.8. The Morgan fingerprint density at radius 2 is 2.00 bits per heavy atom. The minimum atomic E-state index is -0.485. The van der Waals surface area contributed by atoms with Crippen molar-refractivity contribution in [2.45, 2.75) is 38.5 Å². The number of methoxy groups -OCH3 is 1. The highest BCUT2D eigenvalue weighted by Crippen LogP contribution is 2.26. The molecule has 0 spiro atoms. The van der Waals surface area contributed by atoms with Crippen LogP contribution in [0.3, 0.4) is 0 Å². The van der Waals surface area contributed by atoms with Gasteiger partial charge in [-0.15, -0.1) is 0 Å². The zero-order valence-corrected chi connectivity index (χ0v) is 16.3. The van der Waals surface area contributed by atoms with Crippen molar-refractivity contribution in [3.8, 4) is 17.6 Å². The van der Waals surface area contributed by atoms with Gasteiger partial charge in [0.05, 0.1) is 19.2 Å². The molecule has 1 fully saturated rings. The van der Waals surface area contributed by atoms with E-state index in [1.165, 1.54) is 18.4 Å². The van der Waals surface area contributed by atoms with Crippen LogP contribution in [0, 0.1) is 11.8 Å². The second kappa shape index (κ2) is 9.82. The lowest BCUT2D eigenvalue weighted by Gasteiger charge is -2.15. The van der Waals surface area contributed by atoms with Crippen LogP contribution in [-0.2, 0) is 11.3 Å². The molecule has 0 bridgehead atoms. The van der Waals surface area contributed by atoms with Gasteiger partial charge in [0.15, 0.2) is 0 Å². The molecule has 0 aromatic heterocycles. The van der Waals surface area contributed by atoms with Crippen LogP contribution in [0.25, 0.3) is 0 Å². The van der Waals surface area contributed by atoms with Gasteiger partial charge in [0.25, 0.3) is 0 Å². The largest absolute Gasteiger partial charge is 0.495 e. The van der Waals surface area contributed by atoms with Crippen LogP contribution >= 0.6 is 0 Å². The average Bonchev–Trinajstić information content (AvgIpc) is 3.54.